The average molecular weight is 338 g/mol. The van der Waals surface area contributed by atoms with Gasteiger partial charge in [-0.25, -0.2) is 4.39 Å². The van der Waals surface area contributed by atoms with Gasteiger partial charge in [-0.15, -0.1) is 10.2 Å². The molecule has 5 nitrogen and oxygen atoms in total. The summed E-state index contributed by atoms with van der Waals surface area (Å²) < 4.78 is 18.7. The topological polar surface area (TPSA) is 45.4 Å². The van der Waals surface area contributed by atoms with Gasteiger partial charge in [0, 0.05) is 37.4 Å². The van der Waals surface area contributed by atoms with Crippen LogP contribution in [0.4, 0.5) is 10.1 Å². The largest absolute Gasteiger partial charge is 0.419 e. The van der Waals surface area contributed by atoms with Gasteiger partial charge in [-0.1, -0.05) is 18.2 Å². The van der Waals surface area contributed by atoms with Crippen LogP contribution >= 0.6 is 0 Å². The van der Waals surface area contributed by atoms with Crippen LogP contribution in [-0.4, -0.2) is 41.3 Å². The molecule has 0 spiro atoms. The summed E-state index contributed by atoms with van der Waals surface area (Å²) in [6.45, 7) is 4.48. The van der Waals surface area contributed by atoms with Crippen molar-refractivity contribution in [3.8, 4) is 11.5 Å². The van der Waals surface area contributed by atoms with E-state index >= 15 is 0 Å². The highest BCUT2D eigenvalue weighted by atomic mass is 19.1. The summed E-state index contributed by atoms with van der Waals surface area (Å²) in [5, 5.41) is 8.19. The average Bonchev–Trinajstić information content (AvgIpc) is 3.12. The van der Waals surface area contributed by atoms with E-state index in [2.05, 4.69) is 44.3 Å². The van der Waals surface area contributed by atoms with Crippen molar-refractivity contribution in [1.29, 1.82) is 0 Å². The van der Waals surface area contributed by atoms with Crippen LogP contribution in [-0.2, 0) is 6.54 Å². The van der Waals surface area contributed by atoms with Crippen molar-refractivity contribution in [2.75, 3.05) is 31.1 Å². The lowest BCUT2D eigenvalue weighted by Gasteiger charge is -2.35. The molecule has 1 fully saturated rings. The fourth-order valence-corrected chi connectivity index (χ4v) is 3.02. The van der Waals surface area contributed by atoms with Gasteiger partial charge in [0.25, 0.3) is 0 Å². The van der Waals surface area contributed by atoms with Gasteiger partial charge in [0.05, 0.1) is 6.54 Å². The molecule has 1 aromatic heterocycles. The summed E-state index contributed by atoms with van der Waals surface area (Å²) in [4.78, 5) is 4.69. The minimum Gasteiger partial charge on any atom is -0.419 e. The number of rotatable bonds is 4. The molecular formula is C19H19FN4O. The zero-order chi connectivity index (χ0) is 17.1. The Hall–Kier alpha value is -2.73. The van der Waals surface area contributed by atoms with Crippen molar-refractivity contribution in [3.05, 3.63) is 66.3 Å². The molecule has 3 aromatic rings. The van der Waals surface area contributed by atoms with Crippen molar-refractivity contribution in [1.82, 2.24) is 15.1 Å². The Morgan fingerprint density at radius 2 is 1.60 bits per heavy atom. The van der Waals surface area contributed by atoms with E-state index in [1.165, 1.54) is 17.8 Å². The third kappa shape index (κ3) is 3.69. The molecule has 0 amide bonds. The Balaban J connectivity index is 1.35. The van der Waals surface area contributed by atoms with Crippen LogP contribution in [0.1, 0.15) is 5.89 Å². The smallest absolute Gasteiger partial charge is 0.247 e. The first-order valence-electron chi connectivity index (χ1n) is 8.38. The summed E-state index contributed by atoms with van der Waals surface area (Å²) in [5.74, 6) is 0.741. The standard InChI is InChI=1S/C19H19FN4O/c20-16-8-6-15(7-9-16)19-22-21-18(25-19)14-23-10-12-24(13-11-23)17-4-2-1-3-5-17/h1-9H,10-14H2. The van der Waals surface area contributed by atoms with Crippen LogP contribution in [0.3, 0.4) is 0 Å². The molecule has 1 aliphatic heterocycles. The number of anilines is 1. The van der Waals surface area contributed by atoms with E-state index in [0.29, 0.717) is 18.3 Å². The highest BCUT2D eigenvalue weighted by Crippen LogP contribution is 2.20. The molecule has 4 rings (SSSR count). The van der Waals surface area contributed by atoms with Gasteiger partial charge in [0.2, 0.25) is 11.8 Å². The number of hydrogen-bond donors (Lipinski definition) is 0. The predicted octanol–water partition coefficient (Wildman–Crippen LogP) is 3.20. The van der Waals surface area contributed by atoms with Gasteiger partial charge in [0.1, 0.15) is 5.82 Å². The first-order valence-corrected chi connectivity index (χ1v) is 8.38. The van der Waals surface area contributed by atoms with Gasteiger partial charge in [-0.05, 0) is 36.4 Å². The van der Waals surface area contributed by atoms with Crippen LogP contribution in [0.25, 0.3) is 11.5 Å². The number of aromatic nitrogens is 2. The van der Waals surface area contributed by atoms with Crippen LogP contribution < -0.4 is 4.90 Å². The SMILES string of the molecule is Fc1ccc(-c2nnc(CN3CCN(c4ccccc4)CC3)o2)cc1. The zero-order valence-corrected chi connectivity index (χ0v) is 13.8. The zero-order valence-electron chi connectivity index (χ0n) is 13.8. The maximum atomic E-state index is 13.0. The third-order valence-electron chi connectivity index (χ3n) is 4.41. The third-order valence-corrected chi connectivity index (χ3v) is 4.41. The Morgan fingerprint density at radius 3 is 2.32 bits per heavy atom. The van der Waals surface area contributed by atoms with Crippen molar-refractivity contribution in [2.45, 2.75) is 6.54 Å². The van der Waals surface area contributed by atoms with E-state index in [4.69, 9.17) is 4.42 Å². The Morgan fingerprint density at radius 1 is 0.880 bits per heavy atom. The second kappa shape index (κ2) is 7.03. The lowest BCUT2D eigenvalue weighted by Crippen LogP contribution is -2.46. The van der Waals surface area contributed by atoms with E-state index in [1.807, 2.05) is 6.07 Å². The molecule has 0 saturated carbocycles. The molecule has 6 heteroatoms. The van der Waals surface area contributed by atoms with Crippen molar-refractivity contribution >= 4 is 5.69 Å². The maximum absolute atomic E-state index is 13.0. The molecule has 128 valence electrons. The first kappa shape index (κ1) is 15.8. The van der Waals surface area contributed by atoms with Gasteiger partial charge in [-0.3, -0.25) is 4.90 Å². The molecule has 2 aromatic carbocycles. The molecule has 0 N–H and O–H groups in total. The molecule has 1 saturated heterocycles. The summed E-state index contributed by atoms with van der Waals surface area (Å²) in [6.07, 6.45) is 0. The van der Waals surface area contributed by atoms with Gasteiger partial charge in [0.15, 0.2) is 0 Å². The quantitative estimate of drug-likeness (QED) is 0.731. The van der Waals surface area contributed by atoms with E-state index in [9.17, 15) is 4.39 Å². The van der Waals surface area contributed by atoms with E-state index in [0.717, 1.165) is 31.7 Å². The van der Waals surface area contributed by atoms with Crippen molar-refractivity contribution < 1.29 is 8.81 Å². The predicted molar refractivity (Wildman–Crippen MR) is 93.6 cm³/mol. The van der Waals surface area contributed by atoms with Crippen LogP contribution in [0.15, 0.2) is 59.0 Å². The Labute approximate surface area is 145 Å². The highest BCUT2D eigenvalue weighted by molar-refractivity contribution is 5.52. The maximum Gasteiger partial charge on any atom is 0.247 e. The normalized spacial score (nSPS) is 15.5. The monoisotopic (exact) mass is 338 g/mol. The summed E-state index contributed by atoms with van der Waals surface area (Å²) in [5.41, 5.74) is 1.99. The van der Waals surface area contributed by atoms with Gasteiger partial charge >= 0.3 is 0 Å². The number of hydrogen-bond acceptors (Lipinski definition) is 5. The van der Waals surface area contributed by atoms with Crippen LogP contribution in [0.5, 0.6) is 0 Å². The number of piperazine rings is 1. The molecular weight excluding hydrogens is 319 g/mol. The van der Waals surface area contributed by atoms with Crippen LogP contribution in [0, 0.1) is 5.82 Å². The number of para-hydroxylation sites is 1. The molecule has 0 bridgehead atoms. The Bertz CT molecular complexity index is 811. The van der Waals surface area contributed by atoms with Gasteiger partial charge < -0.3 is 9.32 Å². The summed E-state index contributed by atoms with van der Waals surface area (Å²) in [6, 6.07) is 16.5. The fraction of sp³-hybridized carbons (Fsp3) is 0.263. The summed E-state index contributed by atoms with van der Waals surface area (Å²) in [7, 11) is 0. The number of nitrogens with zero attached hydrogens (tertiary/aromatic N) is 4. The Kier molecular flexibility index (Phi) is 4.43. The minimum atomic E-state index is -0.278. The second-order valence-corrected chi connectivity index (χ2v) is 6.11. The van der Waals surface area contributed by atoms with Crippen molar-refractivity contribution in [2.24, 2.45) is 0 Å². The summed E-state index contributed by atoms with van der Waals surface area (Å²) >= 11 is 0. The molecule has 0 unspecified atom stereocenters. The van der Waals surface area contributed by atoms with E-state index in [1.54, 1.807) is 12.1 Å². The lowest BCUT2D eigenvalue weighted by atomic mass is 10.2. The van der Waals surface area contributed by atoms with Gasteiger partial charge in [-0.2, -0.15) is 0 Å². The second-order valence-electron chi connectivity index (χ2n) is 6.11. The number of halogens is 1. The molecule has 0 atom stereocenters. The van der Waals surface area contributed by atoms with Crippen LogP contribution in [0.2, 0.25) is 0 Å². The molecule has 25 heavy (non-hydrogen) atoms. The van der Waals surface area contributed by atoms with E-state index < -0.39 is 0 Å². The first-order chi connectivity index (χ1) is 12.3. The van der Waals surface area contributed by atoms with Crippen molar-refractivity contribution in [3.63, 3.8) is 0 Å². The molecule has 0 aliphatic carbocycles. The van der Waals surface area contributed by atoms with E-state index in [-0.39, 0.29) is 5.82 Å². The lowest BCUT2D eigenvalue weighted by molar-refractivity contribution is 0.227. The molecule has 1 aliphatic rings. The molecule has 0 radical (unpaired) electrons. The number of benzene rings is 2. The highest BCUT2D eigenvalue weighted by Gasteiger charge is 2.19. The fourth-order valence-electron chi connectivity index (χ4n) is 3.02. The minimum absolute atomic E-state index is 0.278. The molecule has 2 heterocycles.